The summed E-state index contributed by atoms with van der Waals surface area (Å²) in [4.78, 5) is 11.9. The average Bonchev–Trinajstić information content (AvgIpc) is 3.47. The number of nitrogens with two attached hydrogens (primary N) is 1. The first-order valence-corrected chi connectivity index (χ1v) is 14.5. The van der Waals surface area contributed by atoms with Gasteiger partial charge in [0.05, 0.1) is 10.6 Å². The van der Waals surface area contributed by atoms with Crippen molar-refractivity contribution in [3.05, 3.63) is 102 Å². The Morgan fingerprint density at radius 3 is 2.23 bits per heavy atom. The number of carbonyl (C=O) groups is 1. The van der Waals surface area contributed by atoms with Crippen LogP contribution in [0.5, 0.6) is 0 Å². The summed E-state index contributed by atoms with van der Waals surface area (Å²) in [5.41, 5.74) is 12.6. The average molecular weight is 543 g/mol. The van der Waals surface area contributed by atoms with E-state index >= 15 is 0 Å². The first-order chi connectivity index (χ1) is 18.6. The Bertz CT molecular complexity index is 1770. The molecule has 0 saturated heterocycles. The minimum absolute atomic E-state index is 0.110. The van der Waals surface area contributed by atoms with E-state index in [2.05, 4.69) is 40.1 Å². The van der Waals surface area contributed by atoms with Gasteiger partial charge in [0.15, 0.2) is 15.5 Å². The van der Waals surface area contributed by atoms with Crippen LogP contribution in [0.25, 0.3) is 27.7 Å². The summed E-state index contributed by atoms with van der Waals surface area (Å²) in [7, 11) is -3.23. The monoisotopic (exact) mass is 542 g/mol. The second-order valence-corrected chi connectivity index (χ2v) is 11.8. The molecular weight excluding hydrogens is 512 g/mol. The van der Waals surface area contributed by atoms with Crippen molar-refractivity contribution >= 4 is 26.6 Å². The van der Waals surface area contributed by atoms with Crippen molar-refractivity contribution in [1.82, 2.24) is 14.3 Å². The van der Waals surface area contributed by atoms with Gasteiger partial charge in [-0.3, -0.25) is 4.79 Å². The fourth-order valence-electron chi connectivity index (χ4n) is 4.84. The predicted molar refractivity (Wildman–Crippen MR) is 152 cm³/mol. The summed E-state index contributed by atoms with van der Waals surface area (Å²) in [5, 5.41) is 14.9. The van der Waals surface area contributed by atoms with Crippen molar-refractivity contribution < 1.29 is 18.3 Å². The van der Waals surface area contributed by atoms with E-state index in [-0.39, 0.29) is 12.3 Å². The Labute approximate surface area is 227 Å². The van der Waals surface area contributed by atoms with Crippen LogP contribution < -0.4 is 5.73 Å². The van der Waals surface area contributed by atoms with Crippen molar-refractivity contribution in [2.24, 2.45) is 5.73 Å². The molecule has 39 heavy (non-hydrogen) atoms. The minimum atomic E-state index is -3.23. The van der Waals surface area contributed by atoms with Crippen molar-refractivity contribution in [2.45, 2.75) is 31.2 Å². The van der Waals surface area contributed by atoms with E-state index in [0.29, 0.717) is 17.9 Å². The Balaban J connectivity index is 1.45. The lowest BCUT2D eigenvalue weighted by molar-refractivity contribution is 0.0995. The van der Waals surface area contributed by atoms with E-state index in [0.717, 1.165) is 51.0 Å². The number of benzene rings is 3. The number of hydrogen-bond donors (Lipinski definition) is 2. The van der Waals surface area contributed by atoms with Gasteiger partial charge in [-0.2, -0.15) is 5.10 Å². The van der Waals surface area contributed by atoms with E-state index < -0.39 is 15.7 Å². The molecule has 1 amide bonds. The third kappa shape index (κ3) is 5.50. The third-order valence-electron chi connectivity index (χ3n) is 6.86. The van der Waals surface area contributed by atoms with Gasteiger partial charge in [-0.25, -0.2) is 13.1 Å². The summed E-state index contributed by atoms with van der Waals surface area (Å²) in [5.74, 6) is -0.565. The maximum Gasteiger partial charge on any atom is 0.269 e. The fraction of sp³-hybridized carbons (Fsp3) is 0.200. The number of aromatic nitrogens is 3. The number of primary amides is 1. The van der Waals surface area contributed by atoms with E-state index in [1.165, 1.54) is 6.26 Å². The Morgan fingerprint density at radius 1 is 0.974 bits per heavy atom. The standard InChI is InChI=1S/C30H30N4O4S/c1-20-16-28(30(31)36)32-34(20)25-11-14-29-27(17-25)24(4-3-15-35)19-33(29)18-21-5-7-22(8-6-21)23-9-12-26(13-10-23)39(2,37)38/h5-14,16-17,19,35H,3-4,15,18H2,1-2H3,(H2,31,36). The first kappa shape index (κ1) is 26.4. The molecule has 0 unspecified atom stereocenters. The highest BCUT2D eigenvalue weighted by atomic mass is 32.2. The molecule has 0 radical (unpaired) electrons. The van der Waals surface area contributed by atoms with Crippen LogP contribution in [0.1, 0.15) is 33.7 Å². The molecule has 2 heterocycles. The molecule has 3 aromatic carbocycles. The molecule has 2 aromatic heterocycles. The van der Waals surface area contributed by atoms with Crippen LogP contribution in [0, 0.1) is 6.92 Å². The van der Waals surface area contributed by atoms with Gasteiger partial charge in [-0.05, 0) is 78.4 Å². The van der Waals surface area contributed by atoms with Gasteiger partial charge < -0.3 is 15.4 Å². The highest BCUT2D eigenvalue weighted by Crippen LogP contribution is 2.28. The highest BCUT2D eigenvalue weighted by molar-refractivity contribution is 7.90. The number of aryl methyl sites for hydroxylation is 2. The maximum atomic E-state index is 11.7. The highest BCUT2D eigenvalue weighted by Gasteiger charge is 2.14. The van der Waals surface area contributed by atoms with Crippen LogP contribution in [0.2, 0.25) is 0 Å². The van der Waals surface area contributed by atoms with Crippen LogP contribution in [-0.2, 0) is 22.8 Å². The molecule has 0 atom stereocenters. The van der Waals surface area contributed by atoms with Gasteiger partial charge in [0.25, 0.3) is 5.91 Å². The smallest absolute Gasteiger partial charge is 0.269 e. The predicted octanol–water partition coefficient (Wildman–Crippen LogP) is 4.28. The molecule has 0 aliphatic rings. The van der Waals surface area contributed by atoms with Gasteiger partial charge in [-0.15, -0.1) is 0 Å². The number of aliphatic hydroxyl groups excluding tert-OH is 1. The zero-order valence-corrected chi connectivity index (χ0v) is 22.6. The maximum absolute atomic E-state index is 11.7. The number of aliphatic hydroxyl groups is 1. The number of hydrogen-bond acceptors (Lipinski definition) is 5. The van der Waals surface area contributed by atoms with Crippen LogP contribution in [0.15, 0.2) is 83.9 Å². The number of fused-ring (bicyclic) bond motifs is 1. The summed E-state index contributed by atoms with van der Waals surface area (Å²) in [6.45, 7) is 2.65. The zero-order valence-electron chi connectivity index (χ0n) is 21.8. The number of sulfone groups is 1. The molecule has 200 valence electrons. The number of carbonyl (C=O) groups excluding carboxylic acids is 1. The van der Waals surface area contributed by atoms with E-state index in [4.69, 9.17) is 5.73 Å². The topological polar surface area (TPSA) is 120 Å². The molecule has 0 fully saturated rings. The molecule has 0 bridgehead atoms. The Kier molecular flexibility index (Phi) is 7.12. The number of rotatable bonds is 9. The molecule has 0 aliphatic heterocycles. The molecule has 0 spiro atoms. The first-order valence-electron chi connectivity index (χ1n) is 12.6. The normalized spacial score (nSPS) is 11.8. The summed E-state index contributed by atoms with van der Waals surface area (Å²) in [6.07, 6.45) is 4.72. The van der Waals surface area contributed by atoms with Crippen molar-refractivity contribution in [3.63, 3.8) is 0 Å². The molecule has 0 aliphatic carbocycles. The molecular formula is C30H30N4O4S. The van der Waals surface area contributed by atoms with Crippen LogP contribution in [0.4, 0.5) is 0 Å². The van der Waals surface area contributed by atoms with Crippen molar-refractivity contribution in [1.29, 1.82) is 0 Å². The Hall–Kier alpha value is -4.21. The third-order valence-corrected chi connectivity index (χ3v) is 7.99. The van der Waals surface area contributed by atoms with E-state index in [1.807, 2.05) is 37.3 Å². The SMILES string of the molecule is Cc1cc(C(N)=O)nn1-c1ccc2c(c1)c(CCCO)cn2Cc1ccc(-c2ccc(S(C)(=O)=O)cc2)cc1. The van der Waals surface area contributed by atoms with Crippen LogP contribution >= 0.6 is 0 Å². The van der Waals surface area contributed by atoms with Crippen LogP contribution in [-0.4, -0.2) is 46.6 Å². The van der Waals surface area contributed by atoms with Gasteiger partial charge >= 0.3 is 0 Å². The molecule has 5 rings (SSSR count). The van der Waals surface area contributed by atoms with Gasteiger partial charge in [0.1, 0.15) is 0 Å². The number of nitrogens with zero attached hydrogens (tertiary/aromatic N) is 3. The minimum Gasteiger partial charge on any atom is -0.396 e. The summed E-state index contributed by atoms with van der Waals surface area (Å²) < 4.78 is 27.4. The molecule has 9 heteroatoms. The second kappa shape index (κ2) is 10.5. The molecule has 8 nitrogen and oxygen atoms in total. The van der Waals surface area contributed by atoms with Gasteiger partial charge in [0, 0.05) is 42.2 Å². The number of amides is 1. The quantitative estimate of drug-likeness (QED) is 0.288. The largest absolute Gasteiger partial charge is 0.396 e. The lowest BCUT2D eigenvalue weighted by Crippen LogP contribution is -2.12. The van der Waals surface area contributed by atoms with Gasteiger partial charge in [-0.1, -0.05) is 36.4 Å². The summed E-state index contributed by atoms with van der Waals surface area (Å²) in [6, 6.07) is 22.9. The van der Waals surface area contributed by atoms with Gasteiger partial charge in [0.2, 0.25) is 0 Å². The second-order valence-electron chi connectivity index (χ2n) is 9.75. The molecule has 3 N–H and O–H groups in total. The van der Waals surface area contributed by atoms with E-state index in [1.54, 1.807) is 22.9 Å². The van der Waals surface area contributed by atoms with Crippen LogP contribution in [0.3, 0.4) is 0 Å². The fourth-order valence-corrected chi connectivity index (χ4v) is 5.47. The molecule has 5 aromatic rings. The lowest BCUT2D eigenvalue weighted by atomic mass is 10.0. The van der Waals surface area contributed by atoms with Crippen molar-refractivity contribution in [2.75, 3.05) is 12.9 Å². The Morgan fingerprint density at radius 2 is 1.64 bits per heavy atom. The lowest BCUT2D eigenvalue weighted by Gasteiger charge is -2.09. The molecule has 0 saturated carbocycles. The van der Waals surface area contributed by atoms with Crippen molar-refractivity contribution in [3.8, 4) is 16.8 Å². The zero-order chi connectivity index (χ0) is 27.7. The summed E-state index contributed by atoms with van der Waals surface area (Å²) >= 11 is 0. The van der Waals surface area contributed by atoms with E-state index in [9.17, 15) is 18.3 Å².